The SMILES string of the molecule is CC(C)(C)NC(=O)CS(=O)(=O)c1ccc(F)cc1N. The number of nitrogens with one attached hydrogen (secondary N) is 1. The number of rotatable bonds is 3. The van der Waals surface area contributed by atoms with Crippen molar-refractivity contribution in [3.8, 4) is 0 Å². The molecule has 19 heavy (non-hydrogen) atoms. The number of amides is 1. The van der Waals surface area contributed by atoms with Crippen molar-refractivity contribution in [2.75, 3.05) is 11.5 Å². The predicted octanol–water partition coefficient (Wildman–Crippen LogP) is 1.10. The molecule has 0 bridgehead atoms. The first kappa shape index (κ1) is 15.4. The molecule has 0 radical (unpaired) electrons. The second-order valence-corrected chi connectivity index (χ2v) is 7.20. The quantitative estimate of drug-likeness (QED) is 0.644. The molecule has 0 atom stereocenters. The van der Waals surface area contributed by atoms with Crippen LogP contribution in [-0.2, 0) is 14.6 Å². The molecule has 0 aromatic heterocycles. The molecule has 1 aromatic carbocycles. The summed E-state index contributed by atoms with van der Waals surface area (Å²) in [6.07, 6.45) is 0. The van der Waals surface area contributed by atoms with Gasteiger partial charge in [0.15, 0.2) is 9.84 Å². The lowest BCUT2D eigenvalue weighted by Crippen LogP contribution is -2.43. The van der Waals surface area contributed by atoms with Crippen molar-refractivity contribution >= 4 is 21.4 Å². The van der Waals surface area contributed by atoms with Crippen LogP contribution in [0.15, 0.2) is 23.1 Å². The molecule has 0 aliphatic heterocycles. The molecule has 1 aromatic rings. The molecule has 3 N–H and O–H groups in total. The molecule has 1 rings (SSSR count). The number of benzene rings is 1. The molecule has 0 unspecified atom stereocenters. The van der Waals surface area contributed by atoms with Crippen molar-refractivity contribution in [3.05, 3.63) is 24.0 Å². The Morgan fingerprint density at radius 1 is 1.37 bits per heavy atom. The summed E-state index contributed by atoms with van der Waals surface area (Å²) in [5.74, 6) is -1.98. The third-order valence-corrected chi connectivity index (χ3v) is 3.83. The van der Waals surface area contributed by atoms with Gasteiger partial charge in [0.05, 0.1) is 10.6 Å². The van der Waals surface area contributed by atoms with Crippen molar-refractivity contribution in [1.82, 2.24) is 5.32 Å². The topological polar surface area (TPSA) is 89.3 Å². The Morgan fingerprint density at radius 2 is 1.95 bits per heavy atom. The lowest BCUT2D eigenvalue weighted by Gasteiger charge is -2.20. The van der Waals surface area contributed by atoms with E-state index in [4.69, 9.17) is 5.73 Å². The Kier molecular flexibility index (Phi) is 4.19. The molecule has 5 nitrogen and oxygen atoms in total. The standard InChI is InChI=1S/C12H17FN2O3S/c1-12(2,3)15-11(16)7-19(17,18)10-5-4-8(13)6-9(10)14/h4-6H,7,14H2,1-3H3,(H,15,16). The number of nitrogens with two attached hydrogens (primary N) is 1. The van der Waals surface area contributed by atoms with E-state index in [0.717, 1.165) is 18.2 Å². The van der Waals surface area contributed by atoms with Gasteiger partial charge in [-0.2, -0.15) is 0 Å². The summed E-state index contributed by atoms with van der Waals surface area (Å²) in [6, 6.07) is 2.96. The first-order valence-electron chi connectivity index (χ1n) is 5.60. The van der Waals surface area contributed by atoms with Crippen molar-refractivity contribution in [1.29, 1.82) is 0 Å². The van der Waals surface area contributed by atoms with Gasteiger partial charge in [0, 0.05) is 5.54 Å². The number of carbonyl (C=O) groups excluding carboxylic acids is 1. The normalized spacial score (nSPS) is 12.2. The van der Waals surface area contributed by atoms with E-state index >= 15 is 0 Å². The summed E-state index contributed by atoms with van der Waals surface area (Å²) in [4.78, 5) is 11.4. The zero-order valence-electron chi connectivity index (χ0n) is 11.0. The lowest BCUT2D eigenvalue weighted by molar-refractivity contribution is -0.120. The van der Waals surface area contributed by atoms with Gasteiger partial charge in [-0.3, -0.25) is 4.79 Å². The highest BCUT2D eigenvalue weighted by atomic mass is 32.2. The monoisotopic (exact) mass is 288 g/mol. The van der Waals surface area contributed by atoms with Gasteiger partial charge in [-0.1, -0.05) is 0 Å². The molecule has 0 fully saturated rings. The van der Waals surface area contributed by atoms with E-state index in [2.05, 4.69) is 5.32 Å². The Labute approximate surface area is 111 Å². The van der Waals surface area contributed by atoms with E-state index in [1.54, 1.807) is 20.8 Å². The fourth-order valence-corrected chi connectivity index (χ4v) is 2.77. The summed E-state index contributed by atoms with van der Waals surface area (Å²) in [6.45, 7) is 5.22. The number of anilines is 1. The van der Waals surface area contributed by atoms with Gasteiger partial charge in [-0.05, 0) is 39.0 Å². The molecule has 0 saturated heterocycles. The van der Waals surface area contributed by atoms with Crippen molar-refractivity contribution in [2.45, 2.75) is 31.2 Å². The van der Waals surface area contributed by atoms with Gasteiger partial charge >= 0.3 is 0 Å². The molecule has 0 aliphatic rings. The Morgan fingerprint density at radius 3 is 2.42 bits per heavy atom. The largest absolute Gasteiger partial charge is 0.398 e. The maximum Gasteiger partial charge on any atom is 0.235 e. The highest BCUT2D eigenvalue weighted by Gasteiger charge is 2.24. The minimum atomic E-state index is -3.88. The molecule has 0 aliphatic carbocycles. The van der Waals surface area contributed by atoms with Crippen LogP contribution in [0.5, 0.6) is 0 Å². The third-order valence-electron chi connectivity index (χ3n) is 2.14. The van der Waals surface area contributed by atoms with Gasteiger partial charge in [0.25, 0.3) is 0 Å². The van der Waals surface area contributed by atoms with Gasteiger partial charge in [0.1, 0.15) is 11.6 Å². The number of sulfone groups is 1. The number of hydrogen-bond acceptors (Lipinski definition) is 4. The highest BCUT2D eigenvalue weighted by molar-refractivity contribution is 7.92. The fraction of sp³-hybridized carbons (Fsp3) is 0.417. The Balaban J connectivity index is 2.96. The minimum absolute atomic E-state index is 0.205. The Hall–Kier alpha value is -1.63. The summed E-state index contributed by atoms with van der Waals surface area (Å²) in [5.41, 5.74) is 4.73. The van der Waals surface area contributed by atoms with E-state index in [1.807, 2.05) is 0 Å². The van der Waals surface area contributed by atoms with Crippen LogP contribution in [0.2, 0.25) is 0 Å². The molecule has 1 amide bonds. The van der Waals surface area contributed by atoms with Crippen molar-refractivity contribution in [3.63, 3.8) is 0 Å². The second-order valence-electron chi connectivity index (χ2n) is 5.24. The molecule has 106 valence electrons. The third kappa shape index (κ3) is 4.51. The molecule has 7 heteroatoms. The van der Waals surface area contributed by atoms with Crippen molar-refractivity contribution < 1.29 is 17.6 Å². The molecule has 0 saturated carbocycles. The average Bonchev–Trinajstić information content (AvgIpc) is 2.11. The zero-order valence-corrected chi connectivity index (χ0v) is 11.8. The summed E-state index contributed by atoms with van der Waals surface area (Å²) >= 11 is 0. The summed E-state index contributed by atoms with van der Waals surface area (Å²) in [7, 11) is -3.88. The maximum atomic E-state index is 12.9. The number of carbonyl (C=O) groups is 1. The Bertz CT molecular complexity index is 591. The highest BCUT2D eigenvalue weighted by Crippen LogP contribution is 2.20. The van der Waals surface area contributed by atoms with Crippen LogP contribution >= 0.6 is 0 Å². The smallest absolute Gasteiger partial charge is 0.235 e. The number of hydrogen-bond donors (Lipinski definition) is 2. The first-order valence-corrected chi connectivity index (χ1v) is 7.25. The van der Waals surface area contributed by atoms with Gasteiger partial charge < -0.3 is 11.1 Å². The van der Waals surface area contributed by atoms with E-state index < -0.39 is 32.9 Å². The zero-order chi connectivity index (χ0) is 14.8. The molecular formula is C12H17FN2O3S. The van der Waals surface area contributed by atoms with E-state index in [0.29, 0.717) is 0 Å². The van der Waals surface area contributed by atoms with E-state index in [-0.39, 0.29) is 10.6 Å². The fourth-order valence-electron chi connectivity index (χ4n) is 1.51. The predicted molar refractivity (Wildman–Crippen MR) is 70.8 cm³/mol. The molecular weight excluding hydrogens is 271 g/mol. The number of halogens is 1. The minimum Gasteiger partial charge on any atom is -0.398 e. The van der Waals surface area contributed by atoms with E-state index in [1.165, 1.54) is 0 Å². The first-order chi connectivity index (χ1) is 8.51. The number of nitrogen functional groups attached to an aromatic ring is 1. The van der Waals surface area contributed by atoms with Crippen LogP contribution in [0.4, 0.5) is 10.1 Å². The lowest BCUT2D eigenvalue weighted by atomic mass is 10.1. The van der Waals surface area contributed by atoms with Gasteiger partial charge in [-0.15, -0.1) is 0 Å². The van der Waals surface area contributed by atoms with Gasteiger partial charge in [0.2, 0.25) is 5.91 Å². The average molecular weight is 288 g/mol. The summed E-state index contributed by atoms with van der Waals surface area (Å²) in [5, 5.41) is 2.54. The summed E-state index contributed by atoms with van der Waals surface area (Å²) < 4.78 is 36.9. The van der Waals surface area contributed by atoms with E-state index in [9.17, 15) is 17.6 Å². The van der Waals surface area contributed by atoms with Crippen LogP contribution in [0.25, 0.3) is 0 Å². The van der Waals surface area contributed by atoms with Crippen LogP contribution in [0.1, 0.15) is 20.8 Å². The van der Waals surface area contributed by atoms with Gasteiger partial charge in [-0.25, -0.2) is 12.8 Å². The van der Waals surface area contributed by atoms with Crippen LogP contribution in [0, 0.1) is 5.82 Å². The molecule has 0 spiro atoms. The second kappa shape index (κ2) is 5.16. The van der Waals surface area contributed by atoms with Crippen LogP contribution in [0.3, 0.4) is 0 Å². The molecule has 0 heterocycles. The van der Waals surface area contributed by atoms with Crippen LogP contribution < -0.4 is 11.1 Å². The van der Waals surface area contributed by atoms with Crippen molar-refractivity contribution in [2.24, 2.45) is 0 Å². The van der Waals surface area contributed by atoms with Crippen LogP contribution in [-0.4, -0.2) is 25.6 Å². The maximum absolute atomic E-state index is 12.9.